The second-order valence-electron chi connectivity index (χ2n) is 3.14. The molecule has 4 heteroatoms. The molecule has 0 aliphatic heterocycles. The van der Waals surface area contributed by atoms with E-state index in [1.165, 1.54) is 0 Å². The number of nitrogens with two attached hydrogens (primary N) is 1. The molecule has 0 saturated carbocycles. The topological polar surface area (TPSA) is 71.1 Å². The van der Waals surface area contributed by atoms with E-state index < -0.39 is 0 Å². The third-order valence-electron chi connectivity index (χ3n) is 2.01. The molecule has 0 spiro atoms. The number of hydrogen-bond acceptors (Lipinski definition) is 3. The van der Waals surface area contributed by atoms with Gasteiger partial charge in [0, 0.05) is 12.6 Å². The van der Waals surface area contributed by atoms with Crippen LogP contribution in [-0.2, 0) is 0 Å². The summed E-state index contributed by atoms with van der Waals surface area (Å²) in [5, 5.41) is 10.3. The highest BCUT2D eigenvalue weighted by atomic mass is 16.5. The molecule has 0 radical (unpaired) electrons. The minimum absolute atomic E-state index is 0.406. The fraction of sp³-hybridized carbons (Fsp3) is 0.364. The summed E-state index contributed by atoms with van der Waals surface area (Å²) >= 11 is 0. The van der Waals surface area contributed by atoms with Crippen molar-refractivity contribution >= 4 is 5.84 Å². The lowest BCUT2D eigenvalue weighted by Gasteiger charge is -2.06. The highest BCUT2D eigenvalue weighted by Crippen LogP contribution is 2.12. The van der Waals surface area contributed by atoms with Gasteiger partial charge in [-0.15, -0.1) is 0 Å². The zero-order chi connectivity index (χ0) is 11.1. The zero-order valence-corrected chi connectivity index (χ0v) is 8.92. The Morgan fingerprint density at radius 1 is 1.40 bits per heavy atom. The molecule has 0 aliphatic carbocycles. The van der Waals surface area contributed by atoms with Crippen molar-refractivity contribution in [3.8, 4) is 5.75 Å². The summed E-state index contributed by atoms with van der Waals surface area (Å²) in [5.74, 6) is 1.22. The van der Waals surface area contributed by atoms with E-state index in [2.05, 4.69) is 5.32 Å². The molecule has 4 nitrogen and oxygen atoms in total. The first-order valence-corrected chi connectivity index (χ1v) is 4.97. The van der Waals surface area contributed by atoms with E-state index in [4.69, 9.17) is 15.9 Å². The highest BCUT2D eigenvalue weighted by molar-refractivity contribution is 5.96. The molecule has 15 heavy (non-hydrogen) atoms. The van der Waals surface area contributed by atoms with Gasteiger partial charge in [0.25, 0.3) is 0 Å². The number of rotatable bonds is 5. The van der Waals surface area contributed by atoms with Crippen molar-refractivity contribution in [1.82, 2.24) is 5.32 Å². The Labute approximate surface area is 89.9 Å². The smallest absolute Gasteiger partial charge is 0.125 e. The molecule has 0 aromatic heterocycles. The van der Waals surface area contributed by atoms with Crippen molar-refractivity contribution < 1.29 is 4.74 Å². The van der Waals surface area contributed by atoms with Gasteiger partial charge in [0.1, 0.15) is 11.6 Å². The molecular formula is C11H17N3O. The molecule has 1 rings (SSSR count). The van der Waals surface area contributed by atoms with Crippen LogP contribution in [0.1, 0.15) is 12.0 Å². The summed E-state index contributed by atoms with van der Waals surface area (Å²) in [7, 11) is 1.73. The highest BCUT2D eigenvalue weighted by Gasteiger charge is 1.98. The first kappa shape index (κ1) is 11.5. The lowest BCUT2D eigenvalue weighted by atomic mass is 10.2. The van der Waals surface area contributed by atoms with Gasteiger partial charge in [-0.05, 0) is 37.2 Å². The molecule has 4 N–H and O–H groups in total. The minimum Gasteiger partial charge on any atom is -0.494 e. The Bertz CT molecular complexity index is 308. The fourth-order valence-electron chi connectivity index (χ4n) is 1.14. The predicted molar refractivity (Wildman–Crippen MR) is 61.5 cm³/mol. The molecule has 1 aromatic rings. The Kier molecular flexibility index (Phi) is 4.63. The van der Waals surface area contributed by atoms with Gasteiger partial charge >= 0.3 is 0 Å². The molecule has 0 amide bonds. The maximum absolute atomic E-state index is 7.55. The van der Waals surface area contributed by atoms with Gasteiger partial charge in [-0.2, -0.15) is 0 Å². The summed E-state index contributed by atoms with van der Waals surface area (Å²) in [6.07, 6.45) is 0.855. The molecule has 0 bridgehead atoms. The SMILES string of the molecule is CNC(=N)c1ccc(OCCCN)cc1. The zero-order valence-electron chi connectivity index (χ0n) is 8.92. The van der Waals surface area contributed by atoms with Crippen molar-refractivity contribution in [2.75, 3.05) is 20.2 Å². The predicted octanol–water partition coefficient (Wildman–Crippen LogP) is 0.959. The van der Waals surface area contributed by atoms with Crippen LogP contribution in [0, 0.1) is 5.41 Å². The summed E-state index contributed by atoms with van der Waals surface area (Å²) in [4.78, 5) is 0. The van der Waals surface area contributed by atoms with E-state index in [-0.39, 0.29) is 0 Å². The number of amidine groups is 1. The third kappa shape index (κ3) is 3.59. The minimum atomic E-state index is 0.406. The van der Waals surface area contributed by atoms with Gasteiger partial charge in [-0.25, -0.2) is 0 Å². The van der Waals surface area contributed by atoms with E-state index in [9.17, 15) is 0 Å². The van der Waals surface area contributed by atoms with Gasteiger partial charge in [0.05, 0.1) is 6.61 Å². The van der Waals surface area contributed by atoms with Crippen molar-refractivity contribution in [2.24, 2.45) is 5.73 Å². The molecule has 1 aromatic carbocycles. The molecule has 0 aliphatic rings. The van der Waals surface area contributed by atoms with Crippen LogP contribution >= 0.6 is 0 Å². The van der Waals surface area contributed by atoms with Crippen LogP contribution in [0.2, 0.25) is 0 Å². The van der Waals surface area contributed by atoms with E-state index >= 15 is 0 Å². The van der Waals surface area contributed by atoms with Gasteiger partial charge < -0.3 is 15.8 Å². The maximum Gasteiger partial charge on any atom is 0.125 e. The van der Waals surface area contributed by atoms with Crippen LogP contribution in [0.4, 0.5) is 0 Å². The molecule has 82 valence electrons. The Morgan fingerprint density at radius 3 is 2.60 bits per heavy atom. The van der Waals surface area contributed by atoms with E-state index in [0.29, 0.717) is 19.0 Å². The Hall–Kier alpha value is -1.55. The second kappa shape index (κ2) is 6.03. The number of nitrogens with one attached hydrogen (secondary N) is 2. The van der Waals surface area contributed by atoms with Crippen molar-refractivity contribution in [3.05, 3.63) is 29.8 Å². The summed E-state index contributed by atoms with van der Waals surface area (Å²) in [6, 6.07) is 7.43. The molecule has 0 fully saturated rings. The van der Waals surface area contributed by atoms with Crippen LogP contribution in [0.3, 0.4) is 0 Å². The van der Waals surface area contributed by atoms with Crippen LogP contribution in [-0.4, -0.2) is 26.0 Å². The summed E-state index contributed by atoms with van der Waals surface area (Å²) in [6.45, 7) is 1.28. The van der Waals surface area contributed by atoms with Crippen LogP contribution in [0.5, 0.6) is 5.75 Å². The number of hydrogen-bond donors (Lipinski definition) is 3. The first-order valence-electron chi connectivity index (χ1n) is 4.97. The summed E-state index contributed by atoms with van der Waals surface area (Å²) < 4.78 is 5.44. The first-order chi connectivity index (χ1) is 7.27. The average Bonchev–Trinajstić information content (AvgIpc) is 2.29. The lowest BCUT2D eigenvalue weighted by molar-refractivity contribution is 0.313. The second-order valence-corrected chi connectivity index (χ2v) is 3.14. The monoisotopic (exact) mass is 207 g/mol. The fourth-order valence-corrected chi connectivity index (χ4v) is 1.14. The van der Waals surface area contributed by atoms with Crippen molar-refractivity contribution in [2.45, 2.75) is 6.42 Å². The molecule has 0 heterocycles. The van der Waals surface area contributed by atoms with E-state index in [0.717, 1.165) is 17.7 Å². The van der Waals surface area contributed by atoms with Gasteiger partial charge in [0.15, 0.2) is 0 Å². The third-order valence-corrected chi connectivity index (χ3v) is 2.01. The standard InChI is InChI=1S/C11H17N3O/c1-14-11(13)9-3-5-10(6-4-9)15-8-2-7-12/h3-6H,2,7-8,12H2,1H3,(H2,13,14). The normalized spacial score (nSPS) is 9.73. The van der Waals surface area contributed by atoms with Crippen LogP contribution < -0.4 is 15.8 Å². The number of benzene rings is 1. The number of ether oxygens (including phenoxy) is 1. The van der Waals surface area contributed by atoms with Crippen molar-refractivity contribution in [1.29, 1.82) is 5.41 Å². The van der Waals surface area contributed by atoms with E-state index in [1.54, 1.807) is 7.05 Å². The van der Waals surface area contributed by atoms with Crippen LogP contribution in [0.15, 0.2) is 24.3 Å². The van der Waals surface area contributed by atoms with Gasteiger partial charge in [-0.1, -0.05) is 0 Å². The molecule has 0 unspecified atom stereocenters. The van der Waals surface area contributed by atoms with Crippen molar-refractivity contribution in [3.63, 3.8) is 0 Å². The van der Waals surface area contributed by atoms with Crippen LogP contribution in [0.25, 0.3) is 0 Å². The summed E-state index contributed by atoms with van der Waals surface area (Å²) in [5.41, 5.74) is 6.21. The quantitative estimate of drug-likeness (QED) is 0.382. The largest absolute Gasteiger partial charge is 0.494 e. The van der Waals surface area contributed by atoms with Gasteiger partial charge in [0.2, 0.25) is 0 Å². The lowest BCUT2D eigenvalue weighted by Crippen LogP contribution is -2.17. The average molecular weight is 207 g/mol. The van der Waals surface area contributed by atoms with E-state index in [1.807, 2.05) is 24.3 Å². The molecule has 0 atom stereocenters. The van der Waals surface area contributed by atoms with Gasteiger partial charge in [-0.3, -0.25) is 5.41 Å². The molecular weight excluding hydrogens is 190 g/mol. The Balaban J connectivity index is 2.52. The Morgan fingerprint density at radius 2 is 2.07 bits per heavy atom. The maximum atomic E-state index is 7.55. The molecule has 0 saturated heterocycles.